The second-order valence-corrected chi connectivity index (χ2v) is 9.82. The summed E-state index contributed by atoms with van der Waals surface area (Å²) in [5, 5.41) is 3.86. The summed E-state index contributed by atoms with van der Waals surface area (Å²) in [5.41, 5.74) is 1.31. The number of benzene rings is 1. The number of fused-ring (bicyclic) bond motifs is 1. The number of hydrogen-bond donors (Lipinski definition) is 1. The van der Waals surface area contributed by atoms with Crippen molar-refractivity contribution in [3.63, 3.8) is 0 Å². The number of thiazole rings is 1. The third-order valence-electron chi connectivity index (χ3n) is 4.25. The number of nitrogens with one attached hydrogen (secondary N) is 1. The molecule has 1 aromatic heterocycles. The molecule has 1 fully saturated rings. The van der Waals surface area contributed by atoms with E-state index in [0.717, 1.165) is 15.2 Å². The van der Waals surface area contributed by atoms with Crippen molar-refractivity contribution in [2.45, 2.75) is 13.0 Å². The standard InChI is InChI=1S/C16H21N3O4S2/c1-10-17-13-6-11(4-5-15(13)24-10)16(20)18-14-8-23-7-12(14)9-25(21,22)19(2)3/h4-6,12,14H,7-9H2,1-3H3,(H,18,20)/t12-,14+/m0/s1. The first-order chi connectivity index (χ1) is 11.8. The Morgan fingerprint density at radius 1 is 1.40 bits per heavy atom. The van der Waals surface area contributed by atoms with Crippen molar-refractivity contribution in [1.29, 1.82) is 0 Å². The van der Waals surface area contributed by atoms with Crippen LogP contribution in [0.2, 0.25) is 0 Å². The average molecular weight is 383 g/mol. The largest absolute Gasteiger partial charge is 0.379 e. The van der Waals surface area contributed by atoms with Gasteiger partial charge in [0.25, 0.3) is 5.91 Å². The molecular formula is C16H21N3O4S2. The molecule has 0 aliphatic carbocycles. The maximum Gasteiger partial charge on any atom is 0.251 e. The molecule has 136 valence electrons. The predicted octanol–water partition coefficient (Wildman–Crippen LogP) is 1.24. The van der Waals surface area contributed by atoms with Gasteiger partial charge in [-0.15, -0.1) is 11.3 Å². The van der Waals surface area contributed by atoms with Crippen LogP contribution in [0.25, 0.3) is 10.2 Å². The fraction of sp³-hybridized carbons (Fsp3) is 0.500. The van der Waals surface area contributed by atoms with Crippen molar-refractivity contribution in [3.05, 3.63) is 28.8 Å². The molecule has 25 heavy (non-hydrogen) atoms. The molecular weight excluding hydrogens is 362 g/mol. The van der Waals surface area contributed by atoms with Crippen LogP contribution in [0.3, 0.4) is 0 Å². The summed E-state index contributed by atoms with van der Waals surface area (Å²) in [4.78, 5) is 16.9. The molecule has 2 atom stereocenters. The lowest BCUT2D eigenvalue weighted by atomic mass is 10.1. The second kappa shape index (κ2) is 6.99. The average Bonchev–Trinajstić information content (AvgIpc) is 3.11. The van der Waals surface area contributed by atoms with Gasteiger partial charge in [0.15, 0.2) is 0 Å². The minimum absolute atomic E-state index is 0.0464. The zero-order valence-corrected chi connectivity index (χ0v) is 16.0. The Labute approximate surface area is 151 Å². The number of aryl methyl sites for hydroxylation is 1. The Balaban J connectivity index is 1.72. The number of carbonyl (C=O) groups excluding carboxylic acids is 1. The molecule has 0 spiro atoms. The number of sulfonamides is 1. The number of nitrogens with zero attached hydrogens (tertiary/aromatic N) is 2. The minimum Gasteiger partial charge on any atom is -0.379 e. The molecule has 0 saturated carbocycles. The summed E-state index contributed by atoms with van der Waals surface area (Å²) in [6.45, 7) is 2.57. The Bertz CT molecular complexity index is 892. The lowest BCUT2D eigenvalue weighted by Crippen LogP contribution is -2.43. The number of rotatable bonds is 5. The predicted molar refractivity (Wildman–Crippen MR) is 97.4 cm³/mol. The van der Waals surface area contributed by atoms with E-state index in [1.807, 2.05) is 13.0 Å². The van der Waals surface area contributed by atoms with Gasteiger partial charge >= 0.3 is 0 Å². The van der Waals surface area contributed by atoms with Crippen LogP contribution in [0.4, 0.5) is 0 Å². The van der Waals surface area contributed by atoms with E-state index >= 15 is 0 Å². The van der Waals surface area contributed by atoms with E-state index in [1.165, 1.54) is 18.4 Å². The van der Waals surface area contributed by atoms with E-state index in [9.17, 15) is 13.2 Å². The van der Waals surface area contributed by atoms with E-state index in [2.05, 4.69) is 10.3 Å². The summed E-state index contributed by atoms with van der Waals surface area (Å²) in [7, 11) is -0.340. The number of aromatic nitrogens is 1. The molecule has 0 unspecified atom stereocenters. The van der Waals surface area contributed by atoms with Crippen molar-refractivity contribution in [3.8, 4) is 0 Å². The van der Waals surface area contributed by atoms with Crippen molar-refractivity contribution >= 4 is 37.5 Å². The lowest BCUT2D eigenvalue weighted by molar-refractivity contribution is 0.0926. The van der Waals surface area contributed by atoms with Gasteiger partial charge in [0.05, 0.1) is 40.2 Å². The van der Waals surface area contributed by atoms with E-state index < -0.39 is 10.0 Å². The van der Waals surface area contributed by atoms with Crippen LogP contribution in [-0.4, -0.2) is 62.7 Å². The highest BCUT2D eigenvalue weighted by molar-refractivity contribution is 7.89. The van der Waals surface area contributed by atoms with Gasteiger partial charge in [0.1, 0.15) is 0 Å². The first-order valence-corrected chi connectivity index (χ1v) is 10.3. The molecule has 1 saturated heterocycles. The molecule has 3 rings (SSSR count). The van der Waals surface area contributed by atoms with Crippen LogP contribution in [-0.2, 0) is 14.8 Å². The van der Waals surface area contributed by atoms with E-state index in [4.69, 9.17) is 4.74 Å². The first kappa shape index (κ1) is 18.2. The van der Waals surface area contributed by atoms with Gasteiger partial charge in [0.2, 0.25) is 10.0 Å². The second-order valence-electron chi connectivity index (χ2n) is 6.35. The van der Waals surface area contributed by atoms with E-state index in [-0.39, 0.29) is 23.6 Å². The highest BCUT2D eigenvalue weighted by Crippen LogP contribution is 2.23. The van der Waals surface area contributed by atoms with Gasteiger partial charge in [-0.3, -0.25) is 4.79 Å². The van der Waals surface area contributed by atoms with Gasteiger partial charge in [0, 0.05) is 25.6 Å². The summed E-state index contributed by atoms with van der Waals surface area (Å²) < 4.78 is 31.8. The first-order valence-electron chi connectivity index (χ1n) is 7.92. The maximum atomic E-state index is 12.5. The van der Waals surface area contributed by atoms with E-state index in [1.54, 1.807) is 23.5 Å². The SMILES string of the molecule is Cc1nc2cc(C(=O)N[C@@H]3COC[C@H]3CS(=O)(=O)N(C)C)ccc2s1. The number of carbonyl (C=O) groups is 1. The fourth-order valence-corrected chi connectivity index (χ4v) is 4.75. The Morgan fingerprint density at radius 3 is 2.88 bits per heavy atom. The van der Waals surface area contributed by atoms with Crippen molar-refractivity contribution < 1.29 is 17.9 Å². The monoisotopic (exact) mass is 383 g/mol. The molecule has 0 radical (unpaired) electrons. The van der Waals surface area contributed by atoms with Crippen LogP contribution < -0.4 is 5.32 Å². The summed E-state index contributed by atoms with van der Waals surface area (Å²) in [6.07, 6.45) is 0. The topological polar surface area (TPSA) is 88.6 Å². The van der Waals surface area contributed by atoms with Crippen LogP contribution in [0.5, 0.6) is 0 Å². The third-order valence-corrected chi connectivity index (χ3v) is 7.17. The van der Waals surface area contributed by atoms with Gasteiger partial charge in [-0.1, -0.05) is 0 Å². The number of amides is 1. The summed E-state index contributed by atoms with van der Waals surface area (Å²) >= 11 is 1.58. The smallest absolute Gasteiger partial charge is 0.251 e. The van der Waals surface area contributed by atoms with Gasteiger partial charge < -0.3 is 10.1 Å². The Hall–Kier alpha value is -1.55. The maximum absolute atomic E-state index is 12.5. The van der Waals surface area contributed by atoms with Gasteiger partial charge in [-0.25, -0.2) is 17.7 Å². The van der Waals surface area contributed by atoms with Crippen LogP contribution in [0.15, 0.2) is 18.2 Å². The Morgan fingerprint density at radius 2 is 2.16 bits per heavy atom. The highest BCUT2D eigenvalue weighted by atomic mass is 32.2. The molecule has 1 aliphatic heterocycles. The fourth-order valence-electron chi connectivity index (χ4n) is 2.78. The van der Waals surface area contributed by atoms with Crippen LogP contribution >= 0.6 is 11.3 Å². The molecule has 1 aliphatic rings. The van der Waals surface area contributed by atoms with Crippen molar-refractivity contribution in [2.24, 2.45) is 5.92 Å². The molecule has 9 heteroatoms. The highest BCUT2D eigenvalue weighted by Gasteiger charge is 2.34. The number of ether oxygens (including phenoxy) is 1. The zero-order valence-electron chi connectivity index (χ0n) is 14.4. The molecule has 2 aromatic rings. The van der Waals surface area contributed by atoms with Crippen LogP contribution in [0.1, 0.15) is 15.4 Å². The molecule has 1 aromatic carbocycles. The summed E-state index contributed by atoms with van der Waals surface area (Å²) in [6, 6.07) is 5.08. The van der Waals surface area contributed by atoms with Crippen molar-refractivity contribution in [2.75, 3.05) is 33.1 Å². The lowest BCUT2D eigenvalue weighted by Gasteiger charge is -2.21. The molecule has 2 heterocycles. The van der Waals surface area contributed by atoms with E-state index in [0.29, 0.717) is 18.8 Å². The van der Waals surface area contributed by atoms with Gasteiger partial charge in [-0.2, -0.15) is 0 Å². The molecule has 1 amide bonds. The number of hydrogen-bond acceptors (Lipinski definition) is 6. The zero-order chi connectivity index (χ0) is 18.2. The molecule has 0 bridgehead atoms. The molecule has 7 nitrogen and oxygen atoms in total. The normalized spacial score (nSPS) is 21.1. The minimum atomic E-state index is -3.35. The van der Waals surface area contributed by atoms with Crippen LogP contribution in [0, 0.1) is 12.8 Å². The Kier molecular flexibility index (Phi) is 5.10. The third kappa shape index (κ3) is 4.00. The summed E-state index contributed by atoms with van der Waals surface area (Å²) in [5.74, 6) is -0.549. The molecule has 1 N–H and O–H groups in total. The quantitative estimate of drug-likeness (QED) is 0.839. The van der Waals surface area contributed by atoms with Gasteiger partial charge in [-0.05, 0) is 25.1 Å². The van der Waals surface area contributed by atoms with Crippen molar-refractivity contribution in [1.82, 2.24) is 14.6 Å².